The number of nitrogens with zero attached hydrogens (tertiary/aromatic N) is 2. The van der Waals surface area contributed by atoms with Crippen LogP contribution in [0.2, 0.25) is 0 Å². The van der Waals surface area contributed by atoms with E-state index in [1.54, 1.807) is 24.3 Å². The van der Waals surface area contributed by atoms with E-state index in [0.29, 0.717) is 5.56 Å². The van der Waals surface area contributed by atoms with Crippen molar-refractivity contribution < 1.29 is 19.4 Å². The highest BCUT2D eigenvalue weighted by atomic mass is 16.5. The van der Waals surface area contributed by atoms with Crippen molar-refractivity contribution in [3.05, 3.63) is 35.9 Å². The topological polar surface area (TPSA) is 91.2 Å². The van der Waals surface area contributed by atoms with Gasteiger partial charge in [0.05, 0.1) is 13.7 Å². The second-order valence-corrected chi connectivity index (χ2v) is 4.68. The maximum atomic E-state index is 12.3. The lowest BCUT2D eigenvalue weighted by Crippen LogP contribution is -2.44. The molecular weight excluding hydrogens is 262 g/mol. The highest BCUT2D eigenvalue weighted by Gasteiger charge is 2.57. The first-order chi connectivity index (χ1) is 9.58. The molecular formula is C13H13N3O4. The van der Waals surface area contributed by atoms with Crippen LogP contribution >= 0.6 is 0 Å². The van der Waals surface area contributed by atoms with Crippen molar-refractivity contribution in [2.75, 3.05) is 13.7 Å². The number of amidine groups is 1. The zero-order chi connectivity index (χ0) is 14.3. The SMILES string of the molecule is COC(=O)N1NC2=NC[C@](O)(c3ccccc3)[C@@H]2C1=O. The first-order valence-electron chi connectivity index (χ1n) is 6.09. The van der Waals surface area contributed by atoms with Crippen LogP contribution in [0.3, 0.4) is 0 Å². The van der Waals surface area contributed by atoms with Gasteiger partial charge in [0, 0.05) is 0 Å². The molecule has 1 aromatic carbocycles. The summed E-state index contributed by atoms with van der Waals surface area (Å²) in [7, 11) is 1.18. The Kier molecular flexibility index (Phi) is 2.72. The third-order valence-electron chi connectivity index (χ3n) is 3.57. The minimum atomic E-state index is -1.44. The minimum Gasteiger partial charge on any atom is -0.451 e. The van der Waals surface area contributed by atoms with Gasteiger partial charge in [-0.05, 0) is 5.56 Å². The Morgan fingerprint density at radius 1 is 1.50 bits per heavy atom. The van der Waals surface area contributed by atoms with Crippen LogP contribution in [-0.2, 0) is 15.1 Å². The Morgan fingerprint density at radius 2 is 2.20 bits per heavy atom. The van der Waals surface area contributed by atoms with Crippen molar-refractivity contribution in [3.63, 3.8) is 0 Å². The monoisotopic (exact) mass is 275 g/mol. The molecule has 2 atom stereocenters. The fourth-order valence-electron chi connectivity index (χ4n) is 2.55. The predicted molar refractivity (Wildman–Crippen MR) is 68.5 cm³/mol. The second-order valence-electron chi connectivity index (χ2n) is 4.68. The summed E-state index contributed by atoms with van der Waals surface area (Å²) in [5.41, 5.74) is 1.73. The smallest absolute Gasteiger partial charge is 0.435 e. The Bertz CT molecular complexity index is 601. The quantitative estimate of drug-likeness (QED) is 0.753. The van der Waals surface area contributed by atoms with Crippen LogP contribution in [0.1, 0.15) is 5.56 Å². The van der Waals surface area contributed by atoms with Crippen LogP contribution in [-0.4, -0.2) is 41.6 Å². The van der Waals surface area contributed by atoms with Crippen molar-refractivity contribution in [1.29, 1.82) is 0 Å². The fraction of sp³-hybridized carbons (Fsp3) is 0.308. The number of carbonyl (C=O) groups is 2. The van der Waals surface area contributed by atoms with Gasteiger partial charge >= 0.3 is 6.09 Å². The van der Waals surface area contributed by atoms with Gasteiger partial charge in [-0.2, -0.15) is 5.01 Å². The van der Waals surface area contributed by atoms with E-state index in [-0.39, 0.29) is 12.4 Å². The number of aliphatic hydroxyl groups is 1. The van der Waals surface area contributed by atoms with Crippen molar-refractivity contribution in [1.82, 2.24) is 10.4 Å². The van der Waals surface area contributed by atoms with Crippen molar-refractivity contribution in [3.8, 4) is 0 Å². The highest BCUT2D eigenvalue weighted by Crippen LogP contribution is 2.38. The zero-order valence-corrected chi connectivity index (χ0v) is 10.7. The molecule has 0 aromatic heterocycles. The zero-order valence-electron chi connectivity index (χ0n) is 10.7. The van der Waals surface area contributed by atoms with Gasteiger partial charge < -0.3 is 9.84 Å². The Labute approximate surface area is 114 Å². The molecule has 0 radical (unpaired) electrons. The standard InChI is InChI=1S/C13H13N3O4/c1-20-12(18)16-11(17)9-10(15-16)14-7-13(9,19)8-5-3-2-4-6-8/h2-6,9,19H,7H2,1H3,(H,14,15)/t9-,13-/m0/s1. The van der Waals surface area contributed by atoms with Gasteiger partial charge in [-0.25, -0.2) is 4.79 Å². The number of ether oxygens (including phenoxy) is 1. The summed E-state index contributed by atoms with van der Waals surface area (Å²) in [5, 5.41) is 11.6. The van der Waals surface area contributed by atoms with Gasteiger partial charge in [0.2, 0.25) is 0 Å². The van der Waals surface area contributed by atoms with Crippen LogP contribution in [0, 0.1) is 5.92 Å². The van der Waals surface area contributed by atoms with Gasteiger partial charge in [-0.1, -0.05) is 30.3 Å². The van der Waals surface area contributed by atoms with E-state index >= 15 is 0 Å². The summed E-state index contributed by atoms with van der Waals surface area (Å²) < 4.78 is 4.51. The number of amides is 2. The molecule has 7 nitrogen and oxygen atoms in total. The maximum absolute atomic E-state index is 12.3. The van der Waals surface area contributed by atoms with Crippen LogP contribution in [0.25, 0.3) is 0 Å². The lowest BCUT2D eigenvalue weighted by atomic mass is 9.82. The van der Waals surface area contributed by atoms with Crippen molar-refractivity contribution >= 4 is 17.8 Å². The number of aliphatic imine (C=N–C) groups is 1. The Hall–Kier alpha value is -2.41. The summed E-state index contributed by atoms with van der Waals surface area (Å²) in [6.07, 6.45) is -0.831. The molecule has 2 heterocycles. The van der Waals surface area contributed by atoms with E-state index in [1.807, 2.05) is 6.07 Å². The van der Waals surface area contributed by atoms with E-state index in [4.69, 9.17) is 0 Å². The number of rotatable bonds is 1. The largest absolute Gasteiger partial charge is 0.451 e. The molecule has 0 aliphatic carbocycles. The second kappa shape index (κ2) is 4.31. The first-order valence-corrected chi connectivity index (χ1v) is 6.09. The Morgan fingerprint density at radius 3 is 2.85 bits per heavy atom. The number of hydrogen-bond acceptors (Lipinski definition) is 6. The van der Waals surface area contributed by atoms with Gasteiger partial charge in [-0.15, -0.1) is 0 Å². The van der Waals surface area contributed by atoms with E-state index in [0.717, 1.165) is 5.01 Å². The lowest BCUT2D eigenvalue weighted by Gasteiger charge is -2.26. The molecule has 2 aliphatic heterocycles. The van der Waals surface area contributed by atoms with Gasteiger partial charge in [0.15, 0.2) is 0 Å². The molecule has 104 valence electrons. The molecule has 3 rings (SSSR count). The maximum Gasteiger partial charge on any atom is 0.435 e. The molecule has 1 fully saturated rings. The molecule has 20 heavy (non-hydrogen) atoms. The third-order valence-corrected chi connectivity index (χ3v) is 3.57. The van der Waals surface area contributed by atoms with Crippen LogP contribution in [0.5, 0.6) is 0 Å². The highest BCUT2D eigenvalue weighted by molar-refractivity contribution is 6.15. The van der Waals surface area contributed by atoms with Gasteiger partial charge in [-0.3, -0.25) is 15.2 Å². The predicted octanol–water partition coefficient (Wildman–Crippen LogP) is 0.0157. The molecule has 2 N–H and O–H groups in total. The average Bonchev–Trinajstić information content (AvgIpc) is 2.99. The number of imide groups is 1. The van der Waals surface area contributed by atoms with Gasteiger partial charge in [0.1, 0.15) is 17.4 Å². The number of benzene rings is 1. The number of hydrazine groups is 1. The number of nitrogens with one attached hydrogen (secondary N) is 1. The molecule has 0 saturated carbocycles. The number of carbonyl (C=O) groups excluding carboxylic acids is 2. The number of fused-ring (bicyclic) bond motifs is 1. The third kappa shape index (κ3) is 1.60. The fourth-order valence-corrected chi connectivity index (χ4v) is 2.55. The van der Waals surface area contributed by atoms with Crippen LogP contribution in [0.15, 0.2) is 35.3 Å². The summed E-state index contributed by atoms with van der Waals surface area (Å²) in [6, 6.07) is 8.82. The summed E-state index contributed by atoms with van der Waals surface area (Å²) in [4.78, 5) is 27.9. The Balaban J connectivity index is 1.97. The minimum absolute atomic E-state index is 0.0742. The lowest BCUT2D eigenvalue weighted by molar-refractivity contribution is -0.136. The molecule has 7 heteroatoms. The van der Waals surface area contributed by atoms with Crippen LogP contribution < -0.4 is 5.43 Å². The van der Waals surface area contributed by atoms with Crippen LogP contribution in [0.4, 0.5) is 4.79 Å². The van der Waals surface area contributed by atoms with Crippen molar-refractivity contribution in [2.24, 2.45) is 10.9 Å². The molecule has 0 unspecified atom stereocenters. The first kappa shape index (κ1) is 12.6. The molecule has 1 aromatic rings. The molecule has 1 saturated heterocycles. The molecule has 0 spiro atoms. The van der Waals surface area contributed by atoms with Gasteiger partial charge in [0.25, 0.3) is 5.91 Å². The molecule has 2 amide bonds. The number of hydrogen-bond donors (Lipinski definition) is 2. The summed E-state index contributed by atoms with van der Waals surface area (Å²) in [6.45, 7) is 0.0742. The normalized spacial score (nSPS) is 27.9. The molecule has 2 aliphatic rings. The summed E-state index contributed by atoms with van der Waals surface area (Å²) >= 11 is 0. The average molecular weight is 275 g/mol. The summed E-state index contributed by atoms with van der Waals surface area (Å²) in [5.74, 6) is -1.20. The molecule has 0 bridgehead atoms. The van der Waals surface area contributed by atoms with Crippen molar-refractivity contribution in [2.45, 2.75) is 5.60 Å². The van der Waals surface area contributed by atoms with E-state index < -0.39 is 23.5 Å². The van der Waals surface area contributed by atoms with E-state index in [1.165, 1.54) is 7.11 Å². The van der Waals surface area contributed by atoms with E-state index in [9.17, 15) is 14.7 Å². The van der Waals surface area contributed by atoms with E-state index in [2.05, 4.69) is 15.2 Å². The number of methoxy groups -OCH3 is 1.